The molecule has 0 spiro atoms. The van der Waals surface area contributed by atoms with Crippen molar-refractivity contribution in [2.24, 2.45) is 0 Å². The molecule has 0 saturated carbocycles. The molecular weight excluding hydrogens is 116 g/mol. The van der Waals surface area contributed by atoms with E-state index in [1.807, 2.05) is 19.1 Å². The second kappa shape index (κ2) is 3.64. The van der Waals surface area contributed by atoms with Crippen molar-refractivity contribution in [1.29, 1.82) is 0 Å². The van der Waals surface area contributed by atoms with Gasteiger partial charge in [0.25, 0.3) is 0 Å². The number of rotatable bonds is 4. The number of hydrogen-bond donors (Lipinski definition) is 0. The lowest BCUT2D eigenvalue weighted by Crippen LogP contribution is -2.00. The molecule has 52 valence electrons. The molecule has 1 fully saturated rings. The van der Waals surface area contributed by atoms with E-state index in [4.69, 9.17) is 9.47 Å². The van der Waals surface area contributed by atoms with Gasteiger partial charge in [-0.15, -0.1) is 0 Å². The van der Waals surface area contributed by atoms with E-state index in [0.29, 0.717) is 6.10 Å². The van der Waals surface area contributed by atoms with Crippen molar-refractivity contribution in [3.63, 3.8) is 0 Å². The summed E-state index contributed by atoms with van der Waals surface area (Å²) in [5, 5.41) is 0. The maximum atomic E-state index is 5.19. The van der Waals surface area contributed by atoms with Crippen molar-refractivity contribution in [3.05, 3.63) is 12.2 Å². The first kappa shape index (κ1) is 6.78. The summed E-state index contributed by atoms with van der Waals surface area (Å²) in [7, 11) is 0. The Bertz CT molecular complexity index is 95.1. The van der Waals surface area contributed by atoms with Crippen LogP contribution in [-0.4, -0.2) is 25.9 Å². The Labute approximate surface area is 55.5 Å². The molecule has 1 aliphatic rings. The summed E-state index contributed by atoms with van der Waals surface area (Å²) in [5.74, 6) is 0. The monoisotopic (exact) mass is 128 g/mol. The fourth-order valence-electron chi connectivity index (χ4n) is 0.528. The normalized spacial score (nSPS) is 25.2. The Balaban J connectivity index is 1.81. The van der Waals surface area contributed by atoms with Crippen LogP contribution in [0.4, 0.5) is 0 Å². The van der Waals surface area contributed by atoms with E-state index in [2.05, 4.69) is 0 Å². The van der Waals surface area contributed by atoms with Gasteiger partial charge in [-0.2, -0.15) is 0 Å². The summed E-state index contributed by atoms with van der Waals surface area (Å²) in [5.41, 5.74) is 0. The summed E-state index contributed by atoms with van der Waals surface area (Å²) < 4.78 is 10.1. The molecule has 0 aromatic carbocycles. The average molecular weight is 128 g/mol. The molecule has 1 saturated heterocycles. The molecule has 0 aromatic rings. The van der Waals surface area contributed by atoms with Gasteiger partial charge in [0.15, 0.2) is 0 Å². The number of hydrogen-bond acceptors (Lipinski definition) is 2. The van der Waals surface area contributed by atoms with Crippen LogP contribution in [0.25, 0.3) is 0 Å². The van der Waals surface area contributed by atoms with E-state index in [0.717, 1.165) is 19.8 Å². The Kier molecular flexibility index (Phi) is 2.74. The zero-order chi connectivity index (χ0) is 6.53. The molecule has 1 aliphatic heterocycles. The fourth-order valence-corrected chi connectivity index (χ4v) is 0.528. The maximum absolute atomic E-state index is 5.19. The highest BCUT2D eigenvalue weighted by atomic mass is 16.6. The van der Waals surface area contributed by atoms with Crippen molar-refractivity contribution in [2.45, 2.75) is 13.0 Å². The third kappa shape index (κ3) is 3.27. The first-order chi connectivity index (χ1) is 4.43. The first-order valence-corrected chi connectivity index (χ1v) is 3.24. The van der Waals surface area contributed by atoms with E-state index in [-0.39, 0.29) is 0 Å². The molecule has 2 heteroatoms. The Morgan fingerprint density at radius 1 is 1.78 bits per heavy atom. The summed E-state index contributed by atoms with van der Waals surface area (Å²) in [6.07, 6.45) is 4.37. The van der Waals surface area contributed by atoms with Crippen LogP contribution in [0.5, 0.6) is 0 Å². The summed E-state index contributed by atoms with van der Waals surface area (Å²) in [6, 6.07) is 0. The predicted octanol–water partition coefficient (Wildman–Crippen LogP) is 0.978. The highest BCUT2D eigenvalue weighted by molar-refractivity contribution is 4.77. The number of epoxide rings is 1. The SMILES string of the molecule is CC=CCOCC1CO1. The van der Waals surface area contributed by atoms with Crippen LogP contribution in [0.15, 0.2) is 12.2 Å². The second-order valence-electron chi connectivity index (χ2n) is 2.06. The predicted molar refractivity (Wildman–Crippen MR) is 35.4 cm³/mol. The lowest BCUT2D eigenvalue weighted by atomic mass is 10.5. The van der Waals surface area contributed by atoms with Crippen molar-refractivity contribution in [3.8, 4) is 0 Å². The minimum Gasteiger partial charge on any atom is -0.375 e. The lowest BCUT2D eigenvalue weighted by molar-refractivity contribution is 0.141. The second-order valence-corrected chi connectivity index (χ2v) is 2.06. The number of ether oxygens (including phenoxy) is 2. The lowest BCUT2D eigenvalue weighted by Gasteiger charge is -1.93. The van der Waals surface area contributed by atoms with Gasteiger partial charge in [-0.25, -0.2) is 0 Å². The minimum absolute atomic E-state index is 0.398. The molecule has 0 aliphatic carbocycles. The van der Waals surface area contributed by atoms with E-state index < -0.39 is 0 Å². The highest BCUT2D eigenvalue weighted by Crippen LogP contribution is 2.07. The van der Waals surface area contributed by atoms with Crippen LogP contribution >= 0.6 is 0 Å². The average Bonchev–Trinajstić information content (AvgIpc) is 2.63. The van der Waals surface area contributed by atoms with Crippen LogP contribution < -0.4 is 0 Å². The van der Waals surface area contributed by atoms with Crippen molar-refractivity contribution in [1.82, 2.24) is 0 Å². The summed E-state index contributed by atoms with van der Waals surface area (Å²) in [4.78, 5) is 0. The Hall–Kier alpha value is -0.340. The molecule has 0 N–H and O–H groups in total. The van der Waals surface area contributed by atoms with Crippen LogP contribution in [0, 0.1) is 0 Å². The smallest absolute Gasteiger partial charge is 0.104 e. The van der Waals surface area contributed by atoms with Gasteiger partial charge in [-0.1, -0.05) is 12.2 Å². The molecule has 0 amide bonds. The molecule has 9 heavy (non-hydrogen) atoms. The van der Waals surface area contributed by atoms with Gasteiger partial charge in [0.1, 0.15) is 6.10 Å². The van der Waals surface area contributed by atoms with E-state index in [9.17, 15) is 0 Å². The van der Waals surface area contributed by atoms with Crippen LogP contribution in [0.1, 0.15) is 6.92 Å². The molecule has 1 unspecified atom stereocenters. The minimum atomic E-state index is 0.398. The fraction of sp³-hybridized carbons (Fsp3) is 0.714. The van der Waals surface area contributed by atoms with Gasteiger partial charge < -0.3 is 9.47 Å². The zero-order valence-corrected chi connectivity index (χ0v) is 5.67. The Morgan fingerprint density at radius 3 is 3.11 bits per heavy atom. The molecule has 0 radical (unpaired) electrons. The summed E-state index contributed by atoms with van der Waals surface area (Å²) in [6.45, 7) is 4.34. The van der Waals surface area contributed by atoms with E-state index in [1.165, 1.54) is 0 Å². The van der Waals surface area contributed by atoms with Crippen LogP contribution in [0.3, 0.4) is 0 Å². The van der Waals surface area contributed by atoms with Crippen molar-refractivity contribution >= 4 is 0 Å². The van der Waals surface area contributed by atoms with Gasteiger partial charge >= 0.3 is 0 Å². The van der Waals surface area contributed by atoms with Crippen molar-refractivity contribution < 1.29 is 9.47 Å². The molecule has 0 aromatic heterocycles. The molecule has 0 bridgehead atoms. The van der Waals surface area contributed by atoms with Gasteiger partial charge in [0.2, 0.25) is 0 Å². The van der Waals surface area contributed by atoms with Crippen LogP contribution in [-0.2, 0) is 9.47 Å². The quantitative estimate of drug-likeness (QED) is 0.320. The van der Waals surface area contributed by atoms with Gasteiger partial charge in [0, 0.05) is 0 Å². The topological polar surface area (TPSA) is 21.8 Å². The molecule has 2 nitrogen and oxygen atoms in total. The summed E-state index contributed by atoms with van der Waals surface area (Å²) >= 11 is 0. The third-order valence-corrected chi connectivity index (χ3v) is 1.16. The Morgan fingerprint density at radius 2 is 2.56 bits per heavy atom. The molecule has 1 rings (SSSR count). The third-order valence-electron chi connectivity index (χ3n) is 1.16. The van der Waals surface area contributed by atoms with Crippen LogP contribution in [0.2, 0.25) is 0 Å². The van der Waals surface area contributed by atoms with E-state index >= 15 is 0 Å². The van der Waals surface area contributed by atoms with Gasteiger partial charge in [-0.3, -0.25) is 0 Å². The molecule has 1 heterocycles. The van der Waals surface area contributed by atoms with E-state index in [1.54, 1.807) is 0 Å². The maximum Gasteiger partial charge on any atom is 0.104 e. The molecule has 1 atom stereocenters. The zero-order valence-electron chi connectivity index (χ0n) is 5.67. The number of allylic oxidation sites excluding steroid dienone is 1. The molecular formula is C7H12O2. The highest BCUT2D eigenvalue weighted by Gasteiger charge is 2.21. The first-order valence-electron chi connectivity index (χ1n) is 3.24. The van der Waals surface area contributed by atoms with Crippen molar-refractivity contribution in [2.75, 3.05) is 19.8 Å². The van der Waals surface area contributed by atoms with Gasteiger partial charge in [0.05, 0.1) is 19.8 Å². The largest absolute Gasteiger partial charge is 0.375 e. The van der Waals surface area contributed by atoms with Gasteiger partial charge in [-0.05, 0) is 6.92 Å². The standard InChI is InChI=1S/C7H12O2/c1-2-3-4-8-5-7-6-9-7/h2-3,7H,4-6H2,1H3.